The van der Waals surface area contributed by atoms with E-state index in [2.05, 4.69) is 51.6 Å². The van der Waals surface area contributed by atoms with Gasteiger partial charge in [0.1, 0.15) is 0 Å². The molecular weight excluding hydrogens is 232 g/mol. The van der Waals surface area contributed by atoms with Crippen LogP contribution in [0.15, 0.2) is 36.4 Å². The number of anilines is 1. The third-order valence-corrected chi connectivity index (χ3v) is 3.53. The monoisotopic (exact) mass is 260 g/mol. The molecule has 2 N–H and O–H groups in total. The Hall–Kier alpha value is -1.28. The number of hydrogen-bond acceptors (Lipinski definition) is 2. The molecule has 0 aliphatic carbocycles. The van der Waals surface area contributed by atoms with E-state index in [0.717, 1.165) is 31.0 Å². The predicted molar refractivity (Wildman–Crippen MR) is 85.2 cm³/mol. The van der Waals surface area contributed by atoms with E-state index >= 15 is 0 Å². The Labute approximate surface area is 118 Å². The van der Waals surface area contributed by atoms with E-state index in [1.165, 1.54) is 24.0 Å². The molecule has 0 bridgehead atoms. The Morgan fingerprint density at radius 1 is 1.26 bits per heavy atom. The zero-order valence-corrected chi connectivity index (χ0v) is 12.7. The van der Waals surface area contributed by atoms with Gasteiger partial charge in [0.2, 0.25) is 0 Å². The van der Waals surface area contributed by atoms with Crippen molar-refractivity contribution in [1.82, 2.24) is 0 Å². The van der Waals surface area contributed by atoms with Crippen molar-refractivity contribution < 1.29 is 0 Å². The van der Waals surface area contributed by atoms with Gasteiger partial charge in [0.25, 0.3) is 0 Å². The SMILES string of the molecule is C=C(C)CCC[C@@H](C)CCN(N)c1ccc(C)cc1. The molecule has 0 aliphatic rings. The third kappa shape index (κ3) is 6.44. The van der Waals surface area contributed by atoms with Gasteiger partial charge in [-0.1, -0.05) is 36.6 Å². The first-order valence-electron chi connectivity index (χ1n) is 7.22. The van der Waals surface area contributed by atoms with Gasteiger partial charge in [-0.2, -0.15) is 0 Å². The molecule has 0 unspecified atom stereocenters. The Kier molecular flexibility index (Phi) is 6.65. The van der Waals surface area contributed by atoms with Crippen LogP contribution in [0.25, 0.3) is 0 Å². The number of nitrogens with two attached hydrogens (primary N) is 1. The predicted octanol–water partition coefficient (Wildman–Crippen LogP) is 4.45. The Morgan fingerprint density at radius 2 is 1.89 bits per heavy atom. The second kappa shape index (κ2) is 8.00. The summed E-state index contributed by atoms with van der Waals surface area (Å²) in [4.78, 5) is 0. The Balaban J connectivity index is 2.27. The number of nitrogens with zero attached hydrogens (tertiary/aromatic N) is 1. The van der Waals surface area contributed by atoms with Crippen LogP contribution in [0.1, 0.15) is 45.1 Å². The lowest BCUT2D eigenvalue weighted by molar-refractivity contribution is 0.473. The highest BCUT2D eigenvalue weighted by Gasteiger charge is 2.06. The van der Waals surface area contributed by atoms with Gasteiger partial charge in [0, 0.05) is 6.54 Å². The average Bonchev–Trinajstić information content (AvgIpc) is 2.36. The van der Waals surface area contributed by atoms with Crippen molar-refractivity contribution in [3.05, 3.63) is 42.0 Å². The molecule has 0 fully saturated rings. The number of hydrazine groups is 1. The van der Waals surface area contributed by atoms with Crippen LogP contribution in [0.3, 0.4) is 0 Å². The molecule has 1 atom stereocenters. The molecule has 2 heteroatoms. The molecule has 0 aliphatic heterocycles. The summed E-state index contributed by atoms with van der Waals surface area (Å²) in [5, 5.41) is 1.86. The van der Waals surface area contributed by atoms with E-state index in [1.807, 2.05) is 5.01 Å². The van der Waals surface area contributed by atoms with Crippen LogP contribution in [-0.2, 0) is 0 Å². The van der Waals surface area contributed by atoms with Crippen molar-refractivity contribution >= 4 is 5.69 Å². The lowest BCUT2D eigenvalue weighted by atomic mass is 9.99. The first-order chi connectivity index (χ1) is 8.99. The van der Waals surface area contributed by atoms with E-state index in [-0.39, 0.29) is 0 Å². The lowest BCUT2D eigenvalue weighted by Crippen LogP contribution is -2.32. The number of allylic oxidation sites excluding steroid dienone is 1. The molecule has 106 valence electrons. The van der Waals surface area contributed by atoms with E-state index in [9.17, 15) is 0 Å². The molecule has 0 saturated heterocycles. The first kappa shape index (κ1) is 15.8. The molecule has 0 radical (unpaired) electrons. The van der Waals surface area contributed by atoms with Crippen molar-refractivity contribution in [3.8, 4) is 0 Å². The minimum absolute atomic E-state index is 0.718. The Morgan fingerprint density at radius 3 is 2.47 bits per heavy atom. The van der Waals surface area contributed by atoms with Gasteiger partial charge in [0.15, 0.2) is 0 Å². The molecule has 0 amide bonds. The quantitative estimate of drug-likeness (QED) is 0.425. The number of hydrogen-bond donors (Lipinski definition) is 1. The maximum absolute atomic E-state index is 6.09. The topological polar surface area (TPSA) is 29.3 Å². The first-order valence-corrected chi connectivity index (χ1v) is 7.22. The van der Waals surface area contributed by atoms with Gasteiger partial charge in [-0.25, -0.2) is 5.84 Å². The minimum atomic E-state index is 0.718. The van der Waals surface area contributed by atoms with Crippen LogP contribution in [0, 0.1) is 12.8 Å². The molecule has 1 aromatic rings. The summed E-state index contributed by atoms with van der Waals surface area (Å²) in [5.41, 5.74) is 3.65. The Bertz CT molecular complexity index is 381. The minimum Gasteiger partial charge on any atom is -0.311 e. The van der Waals surface area contributed by atoms with Gasteiger partial charge >= 0.3 is 0 Å². The van der Waals surface area contributed by atoms with Crippen LogP contribution in [-0.4, -0.2) is 6.54 Å². The van der Waals surface area contributed by atoms with Crippen molar-refractivity contribution in [2.75, 3.05) is 11.6 Å². The molecule has 0 saturated carbocycles. The van der Waals surface area contributed by atoms with Crippen molar-refractivity contribution in [2.24, 2.45) is 11.8 Å². The standard InChI is InChI=1S/C17H28N2/c1-14(2)6-5-7-15(3)12-13-19(18)17-10-8-16(4)9-11-17/h8-11,15H,1,5-7,12-13,18H2,2-4H3/t15-/m1/s1. The van der Waals surface area contributed by atoms with Gasteiger partial charge in [-0.15, -0.1) is 6.58 Å². The highest BCUT2D eigenvalue weighted by Crippen LogP contribution is 2.17. The van der Waals surface area contributed by atoms with Crippen LogP contribution in [0.4, 0.5) is 5.69 Å². The smallest absolute Gasteiger partial charge is 0.0517 e. The number of rotatable bonds is 8. The fourth-order valence-corrected chi connectivity index (χ4v) is 2.12. The van der Waals surface area contributed by atoms with E-state index in [0.29, 0.717) is 0 Å². The zero-order chi connectivity index (χ0) is 14.3. The van der Waals surface area contributed by atoms with Gasteiger partial charge in [-0.3, -0.25) is 0 Å². The largest absolute Gasteiger partial charge is 0.311 e. The van der Waals surface area contributed by atoms with Crippen LogP contribution < -0.4 is 10.9 Å². The summed E-state index contributed by atoms with van der Waals surface area (Å²) in [6.45, 7) is 11.4. The highest BCUT2D eigenvalue weighted by molar-refractivity contribution is 5.45. The summed E-state index contributed by atoms with van der Waals surface area (Å²) in [5.74, 6) is 6.81. The van der Waals surface area contributed by atoms with Crippen LogP contribution >= 0.6 is 0 Å². The molecule has 0 spiro atoms. The van der Waals surface area contributed by atoms with Gasteiger partial charge in [0.05, 0.1) is 5.69 Å². The van der Waals surface area contributed by atoms with E-state index in [1.54, 1.807) is 0 Å². The molecule has 2 nitrogen and oxygen atoms in total. The fourth-order valence-electron chi connectivity index (χ4n) is 2.12. The third-order valence-electron chi connectivity index (χ3n) is 3.53. The molecule has 1 rings (SSSR count). The van der Waals surface area contributed by atoms with E-state index in [4.69, 9.17) is 5.84 Å². The zero-order valence-electron chi connectivity index (χ0n) is 12.7. The van der Waals surface area contributed by atoms with Crippen molar-refractivity contribution in [1.29, 1.82) is 0 Å². The van der Waals surface area contributed by atoms with Gasteiger partial charge < -0.3 is 5.01 Å². The number of aryl methyl sites for hydroxylation is 1. The highest BCUT2D eigenvalue weighted by atomic mass is 15.4. The van der Waals surface area contributed by atoms with Crippen LogP contribution in [0.5, 0.6) is 0 Å². The average molecular weight is 260 g/mol. The molecule has 0 heterocycles. The second-order valence-corrected chi connectivity index (χ2v) is 5.77. The maximum atomic E-state index is 6.09. The van der Waals surface area contributed by atoms with Gasteiger partial charge in [-0.05, 0) is 51.2 Å². The molecule has 0 aromatic heterocycles. The van der Waals surface area contributed by atoms with Crippen LogP contribution in [0.2, 0.25) is 0 Å². The summed E-state index contributed by atoms with van der Waals surface area (Å²) < 4.78 is 0. The second-order valence-electron chi connectivity index (χ2n) is 5.77. The molecular formula is C17H28N2. The summed E-state index contributed by atoms with van der Waals surface area (Å²) >= 11 is 0. The molecule has 19 heavy (non-hydrogen) atoms. The van der Waals surface area contributed by atoms with E-state index < -0.39 is 0 Å². The van der Waals surface area contributed by atoms with Crippen molar-refractivity contribution in [2.45, 2.75) is 46.5 Å². The van der Waals surface area contributed by atoms with Crippen molar-refractivity contribution in [3.63, 3.8) is 0 Å². The summed E-state index contributed by atoms with van der Waals surface area (Å²) in [6.07, 6.45) is 4.79. The summed E-state index contributed by atoms with van der Waals surface area (Å²) in [7, 11) is 0. The molecule has 1 aromatic carbocycles. The normalized spacial score (nSPS) is 12.2. The lowest BCUT2D eigenvalue weighted by Gasteiger charge is -2.21. The summed E-state index contributed by atoms with van der Waals surface area (Å²) in [6, 6.07) is 8.37. The number of benzene rings is 1. The maximum Gasteiger partial charge on any atom is 0.0517 e. The fraction of sp³-hybridized carbons (Fsp3) is 0.529.